The van der Waals surface area contributed by atoms with Crippen LogP contribution in [0.15, 0.2) is 64.2 Å². The minimum Gasteiger partial charge on any atom is -0.268 e. The highest BCUT2D eigenvalue weighted by Gasteiger charge is 2.15. The zero-order valence-electron chi connectivity index (χ0n) is 12.3. The number of hydrogen-bond acceptors (Lipinski definition) is 4. The van der Waals surface area contributed by atoms with Crippen LogP contribution in [-0.4, -0.2) is 19.2 Å². The van der Waals surface area contributed by atoms with Gasteiger partial charge in [-0.15, -0.1) is 10.2 Å². The highest BCUT2D eigenvalue weighted by molar-refractivity contribution is 5.80. The number of aromatic nitrogens is 4. The molecule has 4 aromatic rings. The summed E-state index contributed by atoms with van der Waals surface area (Å²) in [5.41, 5.74) is 0.937. The lowest BCUT2D eigenvalue weighted by Gasteiger charge is -2.12. The summed E-state index contributed by atoms with van der Waals surface area (Å²) in [4.78, 5) is 25.5. The zero-order chi connectivity index (χ0) is 16.0. The standard InChI is InChI=1S/C17H12N4O2/c1-11-15(22)21-14-10-6-5-9-13(14)16(23)20(17(21)19-18-11)12-7-3-2-4-8-12/h2-10H,1H3. The van der Waals surface area contributed by atoms with E-state index in [1.54, 1.807) is 43.3 Å². The summed E-state index contributed by atoms with van der Waals surface area (Å²) in [6.45, 7) is 1.61. The lowest BCUT2D eigenvalue weighted by atomic mass is 10.2. The van der Waals surface area contributed by atoms with Crippen molar-refractivity contribution in [2.24, 2.45) is 0 Å². The van der Waals surface area contributed by atoms with Crippen molar-refractivity contribution >= 4 is 16.7 Å². The molecule has 0 atom stereocenters. The van der Waals surface area contributed by atoms with E-state index in [-0.39, 0.29) is 22.6 Å². The largest absolute Gasteiger partial charge is 0.281 e. The first-order valence-corrected chi connectivity index (χ1v) is 7.14. The molecule has 0 bridgehead atoms. The minimum atomic E-state index is -0.282. The lowest BCUT2D eigenvalue weighted by molar-refractivity contribution is 0.840. The summed E-state index contributed by atoms with van der Waals surface area (Å²) in [6.07, 6.45) is 0. The molecule has 6 heteroatoms. The predicted octanol–water partition coefficient (Wildman–Crippen LogP) is 1.70. The average molecular weight is 304 g/mol. The van der Waals surface area contributed by atoms with Crippen molar-refractivity contribution in [1.82, 2.24) is 19.2 Å². The van der Waals surface area contributed by atoms with E-state index in [4.69, 9.17) is 0 Å². The third kappa shape index (κ3) is 1.88. The smallest absolute Gasteiger partial charge is 0.268 e. The number of aryl methyl sites for hydroxylation is 1. The van der Waals surface area contributed by atoms with Crippen LogP contribution in [0.5, 0.6) is 0 Å². The second-order valence-corrected chi connectivity index (χ2v) is 5.22. The Morgan fingerprint density at radius 3 is 2.30 bits per heavy atom. The zero-order valence-corrected chi connectivity index (χ0v) is 12.3. The van der Waals surface area contributed by atoms with E-state index in [1.807, 2.05) is 18.2 Å². The van der Waals surface area contributed by atoms with Crippen LogP contribution in [-0.2, 0) is 0 Å². The van der Waals surface area contributed by atoms with Gasteiger partial charge in [-0.25, -0.2) is 8.97 Å². The second kappa shape index (κ2) is 4.88. The predicted molar refractivity (Wildman–Crippen MR) is 87.1 cm³/mol. The molecule has 6 nitrogen and oxygen atoms in total. The van der Waals surface area contributed by atoms with E-state index in [1.165, 1.54) is 8.97 Å². The van der Waals surface area contributed by atoms with Gasteiger partial charge in [0.15, 0.2) is 0 Å². The summed E-state index contributed by atoms with van der Waals surface area (Å²) >= 11 is 0. The fourth-order valence-electron chi connectivity index (χ4n) is 2.69. The Morgan fingerprint density at radius 1 is 0.826 bits per heavy atom. The molecule has 2 heterocycles. The first-order valence-electron chi connectivity index (χ1n) is 7.14. The molecule has 0 aliphatic heterocycles. The summed E-state index contributed by atoms with van der Waals surface area (Å²) in [6, 6.07) is 16.1. The fourth-order valence-corrected chi connectivity index (χ4v) is 2.69. The number of para-hydroxylation sites is 2. The van der Waals surface area contributed by atoms with Crippen LogP contribution in [0.3, 0.4) is 0 Å². The first kappa shape index (κ1) is 13.4. The second-order valence-electron chi connectivity index (χ2n) is 5.22. The Hall–Kier alpha value is -3.28. The van der Waals surface area contributed by atoms with Gasteiger partial charge in [0.2, 0.25) is 5.78 Å². The topological polar surface area (TPSA) is 69.3 Å². The van der Waals surface area contributed by atoms with Crippen LogP contribution < -0.4 is 11.1 Å². The lowest BCUT2D eigenvalue weighted by Crippen LogP contribution is -2.29. The SMILES string of the molecule is Cc1nnc2n(-c3ccccc3)c(=O)c3ccccc3n2c1=O. The number of benzene rings is 2. The molecule has 4 rings (SSSR count). The quantitative estimate of drug-likeness (QED) is 0.502. The third-order valence-corrected chi connectivity index (χ3v) is 3.79. The molecule has 0 N–H and O–H groups in total. The highest BCUT2D eigenvalue weighted by Crippen LogP contribution is 2.14. The van der Waals surface area contributed by atoms with Crippen molar-refractivity contribution in [2.45, 2.75) is 6.92 Å². The van der Waals surface area contributed by atoms with Gasteiger partial charge in [0.25, 0.3) is 11.1 Å². The van der Waals surface area contributed by atoms with Gasteiger partial charge < -0.3 is 0 Å². The van der Waals surface area contributed by atoms with Crippen LogP contribution in [0.4, 0.5) is 0 Å². The Labute approximate surface area is 130 Å². The van der Waals surface area contributed by atoms with Crippen LogP contribution >= 0.6 is 0 Å². The summed E-state index contributed by atoms with van der Waals surface area (Å²) in [5.74, 6) is 0.204. The molecule has 0 spiro atoms. The van der Waals surface area contributed by atoms with Crippen molar-refractivity contribution in [3.63, 3.8) is 0 Å². The van der Waals surface area contributed by atoms with E-state index >= 15 is 0 Å². The van der Waals surface area contributed by atoms with Gasteiger partial charge in [-0.05, 0) is 31.2 Å². The number of nitrogens with zero attached hydrogens (tertiary/aromatic N) is 4. The molecule has 0 aliphatic rings. The molecule has 112 valence electrons. The van der Waals surface area contributed by atoms with Gasteiger partial charge in [-0.1, -0.05) is 30.3 Å². The normalized spacial score (nSPS) is 11.2. The maximum atomic E-state index is 12.9. The van der Waals surface area contributed by atoms with Gasteiger partial charge in [-0.2, -0.15) is 0 Å². The molecule has 0 fully saturated rings. The van der Waals surface area contributed by atoms with Gasteiger partial charge >= 0.3 is 0 Å². The van der Waals surface area contributed by atoms with E-state index in [9.17, 15) is 9.59 Å². The van der Waals surface area contributed by atoms with Crippen molar-refractivity contribution in [3.8, 4) is 5.69 Å². The molecule has 0 unspecified atom stereocenters. The van der Waals surface area contributed by atoms with Crippen LogP contribution in [0.25, 0.3) is 22.4 Å². The molecule has 0 saturated heterocycles. The minimum absolute atomic E-state index is 0.204. The Balaban J connectivity index is 2.35. The molecule has 0 saturated carbocycles. The highest BCUT2D eigenvalue weighted by atomic mass is 16.1. The van der Waals surface area contributed by atoms with Gasteiger partial charge in [0.05, 0.1) is 16.6 Å². The molecular formula is C17H12N4O2. The Kier molecular flexibility index (Phi) is 2.84. The Morgan fingerprint density at radius 2 is 1.52 bits per heavy atom. The number of rotatable bonds is 1. The first-order chi connectivity index (χ1) is 11.2. The van der Waals surface area contributed by atoms with Crippen LogP contribution in [0.1, 0.15) is 5.69 Å². The molecule has 2 aromatic heterocycles. The monoisotopic (exact) mass is 304 g/mol. The average Bonchev–Trinajstić information content (AvgIpc) is 2.59. The summed E-state index contributed by atoms with van der Waals surface area (Å²) in [5, 5.41) is 8.46. The third-order valence-electron chi connectivity index (χ3n) is 3.79. The summed E-state index contributed by atoms with van der Waals surface area (Å²) in [7, 11) is 0. The summed E-state index contributed by atoms with van der Waals surface area (Å²) < 4.78 is 2.85. The van der Waals surface area contributed by atoms with E-state index in [0.29, 0.717) is 16.6 Å². The maximum absolute atomic E-state index is 12.9. The molecule has 0 radical (unpaired) electrons. The van der Waals surface area contributed by atoms with Crippen LogP contribution in [0, 0.1) is 6.92 Å². The molecule has 0 amide bonds. The number of hydrogen-bond donors (Lipinski definition) is 0. The van der Waals surface area contributed by atoms with E-state index in [0.717, 1.165) is 0 Å². The molecular weight excluding hydrogens is 292 g/mol. The molecule has 2 aromatic carbocycles. The van der Waals surface area contributed by atoms with Gasteiger partial charge in [0, 0.05) is 0 Å². The molecule has 23 heavy (non-hydrogen) atoms. The fraction of sp³-hybridized carbons (Fsp3) is 0.0588. The maximum Gasteiger partial charge on any atom is 0.281 e. The Bertz CT molecular complexity index is 1160. The molecule has 0 aliphatic carbocycles. The van der Waals surface area contributed by atoms with E-state index < -0.39 is 0 Å². The van der Waals surface area contributed by atoms with Gasteiger partial charge in [-0.3, -0.25) is 9.59 Å². The van der Waals surface area contributed by atoms with E-state index in [2.05, 4.69) is 10.2 Å². The van der Waals surface area contributed by atoms with Crippen molar-refractivity contribution in [1.29, 1.82) is 0 Å². The number of fused-ring (bicyclic) bond motifs is 3. The van der Waals surface area contributed by atoms with Crippen LogP contribution in [0.2, 0.25) is 0 Å². The van der Waals surface area contributed by atoms with Crippen molar-refractivity contribution < 1.29 is 0 Å². The van der Waals surface area contributed by atoms with Crippen molar-refractivity contribution in [3.05, 3.63) is 81.0 Å². The van der Waals surface area contributed by atoms with Crippen molar-refractivity contribution in [2.75, 3.05) is 0 Å². The van der Waals surface area contributed by atoms with Gasteiger partial charge in [0.1, 0.15) is 5.69 Å².